The van der Waals surface area contributed by atoms with E-state index in [0.29, 0.717) is 17.7 Å². The summed E-state index contributed by atoms with van der Waals surface area (Å²) in [6.45, 7) is 3.42. The van der Waals surface area contributed by atoms with Gasteiger partial charge in [0.05, 0.1) is 4.90 Å². The van der Waals surface area contributed by atoms with Crippen molar-refractivity contribution in [3.63, 3.8) is 0 Å². The minimum absolute atomic E-state index is 0.171. The zero-order valence-corrected chi connectivity index (χ0v) is 13.9. The molecular weight excluding hydrogens is 314 g/mol. The average Bonchev–Trinajstić information content (AvgIpc) is 2.49. The molecule has 0 radical (unpaired) electrons. The smallest absolute Gasteiger partial charge is 0.240 e. The third-order valence-electron chi connectivity index (χ3n) is 3.22. The van der Waals surface area contributed by atoms with E-state index < -0.39 is 10.0 Å². The van der Waals surface area contributed by atoms with Crippen molar-refractivity contribution in [2.24, 2.45) is 0 Å². The highest BCUT2D eigenvalue weighted by Crippen LogP contribution is 2.19. The lowest BCUT2D eigenvalue weighted by atomic mass is 10.2. The number of aromatic nitrogens is 1. The summed E-state index contributed by atoms with van der Waals surface area (Å²) >= 11 is 0. The molecule has 0 aliphatic carbocycles. The molecule has 0 fully saturated rings. The van der Waals surface area contributed by atoms with E-state index in [0.717, 1.165) is 5.69 Å². The Hall–Kier alpha value is -2.25. The lowest BCUT2D eigenvalue weighted by molar-refractivity contribution is -0.114. The van der Waals surface area contributed by atoms with Crippen LogP contribution in [-0.2, 0) is 21.2 Å². The molecule has 6 nitrogen and oxygen atoms in total. The topological polar surface area (TPSA) is 88.2 Å². The Bertz CT molecular complexity index is 789. The number of carbonyl (C=O) groups is 1. The van der Waals surface area contributed by atoms with Gasteiger partial charge in [0.2, 0.25) is 15.9 Å². The molecular formula is C16H19N3O3S. The molecule has 0 aliphatic heterocycles. The molecule has 2 N–H and O–H groups in total. The lowest BCUT2D eigenvalue weighted by Gasteiger charge is -2.10. The Labute approximate surface area is 136 Å². The molecule has 1 aromatic carbocycles. The Morgan fingerprint density at radius 1 is 1.22 bits per heavy atom. The number of anilines is 1. The molecule has 7 heteroatoms. The van der Waals surface area contributed by atoms with Crippen LogP contribution < -0.4 is 10.0 Å². The number of pyridine rings is 1. The summed E-state index contributed by atoms with van der Waals surface area (Å²) in [5, 5.41) is 2.65. The van der Waals surface area contributed by atoms with E-state index in [1.165, 1.54) is 19.1 Å². The van der Waals surface area contributed by atoms with Crippen molar-refractivity contribution in [2.45, 2.75) is 25.2 Å². The number of nitrogens with one attached hydrogen (secondary N) is 2. The van der Waals surface area contributed by atoms with Gasteiger partial charge in [-0.3, -0.25) is 9.78 Å². The van der Waals surface area contributed by atoms with Crippen LogP contribution in [0.5, 0.6) is 0 Å². The molecule has 1 heterocycles. The number of hydrogen-bond acceptors (Lipinski definition) is 4. The van der Waals surface area contributed by atoms with Gasteiger partial charge in [0, 0.05) is 37.5 Å². The molecule has 23 heavy (non-hydrogen) atoms. The molecule has 1 amide bonds. The maximum atomic E-state index is 12.3. The number of amides is 1. The fourth-order valence-electron chi connectivity index (χ4n) is 2.08. The Morgan fingerprint density at radius 2 is 2.00 bits per heavy atom. The summed E-state index contributed by atoms with van der Waals surface area (Å²) in [7, 11) is -3.59. The standard InChI is InChI=1S/C16H19N3O3S/c1-12-11-15(6-7-16(12)19-13(2)20)23(21,22)18-10-8-14-5-3-4-9-17-14/h3-7,9,11,18H,8,10H2,1-2H3,(H,19,20). The van der Waals surface area contributed by atoms with Gasteiger partial charge in [-0.05, 0) is 42.8 Å². The first-order valence-corrected chi connectivity index (χ1v) is 8.64. The first-order valence-electron chi connectivity index (χ1n) is 7.16. The molecule has 122 valence electrons. The summed E-state index contributed by atoms with van der Waals surface area (Å²) in [5.74, 6) is -0.197. The van der Waals surface area contributed by atoms with Crippen LogP contribution in [0.1, 0.15) is 18.2 Å². The summed E-state index contributed by atoms with van der Waals surface area (Å²) in [5.41, 5.74) is 2.12. The van der Waals surface area contributed by atoms with E-state index in [-0.39, 0.29) is 17.3 Å². The number of benzene rings is 1. The first kappa shape index (κ1) is 17.1. The van der Waals surface area contributed by atoms with Crippen LogP contribution >= 0.6 is 0 Å². The van der Waals surface area contributed by atoms with Crippen LogP contribution in [0.2, 0.25) is 0 Å². The monoisotopic (exact) mass is 333 g/mol. The number of sulfonamides is 1. The Balaban J connectivity index is 2.04. The van der Waals surface area contributed by atoms with Crippen molar-refractivity contribution < 1.29 is 13.2 Å². The van der Waals surface area contributed by atoms with Gasteiger partial charge in [0.1, 0.15) is 0 Å². The minimum Gasteiger partial charge on any atom is -0.326 e. The zero-order valence-electron chi connectivity index (χ0n) is 13.0. The van der Waals surface area contributed by atoms with E-state index >= 15 is 0 Å². The predicted octanol–water partition coefficient (Wildman–Crippen LogP) is 1.87. The SMILES string of the molecule is CC(=O)Nc1ccc(S(=O)(=O)NCCc2ccccn2)cc1C. The fraction of sp³-hybridized carbons (Fsp3) is 0.250. The van der Waals surface area contributed by atoms with E-state index in [1.807, 2.05) is 18.2 Å². The van der Waals surface area contributed by atoms with E-state index in [2.05, 4.69) is 15.0 Å². The normalized spacial score (nSPS) is 11.2. The molecule has 0 saturated heterocycles. The summed E-state index contributed by atoms with van der Waals surface area (Å²) in [6, 6.07) is 10.1. The summed E-state index contributed by atoms with van der Waals surface area (Å²) in [6.07, 6.45) is 2.19. The number of carbonyl (C=O) groups excluding carboxylic acids is 1. The molecule has 0 atom stereocenters. The molecule has 1 aromatic heterocycles. The Kier molecular flexibility index (Phi) is 5.46. The number of hydrogen-bond donors (Lipinski definition) is 2. The predicted molar refractivity (Wildman–Crippen MR) is 88.6 cm³/mol. The van der Waals surface area contributed by atoms with Crippen LogP contribution in [0.3, 0.4) is 0 Å². The number of nitrogens with zero attached hydrogens (tertiary/aromatic N) is 1. The van der Waals surface area contributed by atoms with E-state index in [1.54, 1.807) is 19.2 Å². The maximum absolute atomic E-state index is 12.3. The van der Waals surface area contributed by atoms with Gasteiger partial charge in [0.15, 0.2) is 0 Å². The summed E-state index contributed by atoms with van der Waals surface area (Å²) in [4.78, 5) is 15.4. The van der Waals surface area contributed by atoms with Crippen molar-refractivity contribution in [1.29, 1.82) is 0 Å². The Morgan fingerprint density at radius 3 is 2.61 bits per heavy atom. The van der Waals surface area contributed by atoms with Gasteiger partial charge in [-0.15, -0.1) is 0 Å². The first-order chi connectivity index (χ1) is 10.9. The fourth-order valence-corrected chi connectivity index (χ4v) is 3.19. The highest BCUT2D eigenvalue weighted by Gasteiger charge is 2.15. The maximum Gasteiger partial charge on any atom is 0.240 e. The van der Waals surface area contributed by atoms with Gasteiger partial charge in [-0.25, -0.2) is 13.1 Å². The third kappa shape index (κ3) is 4.87. The van der Waals surface area contributed by atoms with Crippen LogP contribution in [0.15, 0.2) is 47.5 Å². The molecule has 0 bridgehead atoms. The zero-order chi connectivity index (χ0) is 16.9. The van der Waals surface area contributed by atoms with Crippen molar-refractivity contribution in [3.05, 3.63) is 53.9 Å². The van der Waals surface area contributed by atoms with Crippen molar-refractivity contribution in [3.8, 4) is 0 Å². The molecule has 0 spiro atoms. The number of rotatable bonds is 6. The van der Waals surface area contributed by atoms with Crippen molar-refractivity contribution >= 4 is 21.6 Å². The quantitative estimate of drug-likeness (QED) is 0.845. The van der Waals surface area contributed by atoms with E-state index in [4.69, 9.17) is 0 Å². The largest absolute Gasteiger partial charge is 0.326 e. The van der Waals surface area contributed by atoms with Gasteiger partial charge in [-0.1, -0.05) is 6.07 Å². The van der Waals surface area contributed by atoms with Crippen molar-refractivity contribution in [2.75, 3.05) is 11.9 Å². The van der Waals surface area contributed by atoms with E-state index in [9.17, 15) is 13.2 Å². The minimum atomic E-state index is -3.59. The van der Waals surface area contributed by atoms with Gasteiger partial charge < -0.3 is 5.32 Å². The molecule has 0 saturated carbocycles. The van der Waals surface area contributed by atoms with Crippen LogP contribution in [0, 0.1) is 6.92 Å². The van der Waals surface area contributed by atoms with Gasteiger partial charge >= 0.3 is 0 Å². The average molecular weight is 333 g/mol. The van der Waals surface area contributed by atoms with Crippen molar-refractivity contribution in [1.82, 2.24) is 9.71 Å². The highest BCUT2D eigenvalue weighted by molar-refractivity contribution is 7.89. The number of aryl methyl sites for hydroxylation is 1. The van der Waals surface area contributed by atoms with Gasteiger partial charge in [0.25, 0.3) is 0 Å². The second kappa shape index (κ2) is 7.34. The second-order valence-electron chi connectivity index (χ2n) is 5.13. The van der Waals surface area contributed by atoms with Gasteiger partial charge in [-0.2, -0.15) is 0 Å². The van der Waals surface area contributed by atoms with Crippen LogP contribution in [0.4, 0.5) is 5.69 Å². The van der Waals surface area contributed by atoms with Crippen LogP contribution in [0.25, 0.3) is 0 Å². The summed E-state index contributed by atoms with van der Waals surface area (Å²) < 4.78 is 27.1. The molecule has 0 unspecified atom stereocenters. The second-order valence-corrected chi connectivity index (χ2v) is 6.89. The van der Waals surface area contributed by atoms with Crippen LogP contribution in [-0.4, -0.2) is 25.9 Å². The molecule has 2 aromatic rings. The highest BCUT2D eigenvalue weighted by atomic mass is 32.2. The third-order valence-corrected chi connectivity index (χ3v) is 4.68. The lowest BCUT2D eigenvalue weighted by Crippen LogP contribution is -2.26. The molecule has 0 aliphatic rings. The molecule has 2 rings (SSSR count).